The van der Waals surface area contributed by atoms with Gasteiger partial charge in [0.15, 0.2) is 0 Å². The monoisotopic (exact) mass is 372 g/mol. The third-order valence-corrected chi connectivity index (χ3v) is 5.10. The Morgan fingerprint density at radius 3 is 2.39 bits per heavy atom. The van der Waals surface area contributed by atoms with Crippen molar-refractivity contribution in [3.63, 3.8) is 0 Å². The lowest BCUT2D eigenvalue weighted by Crippen LogP contribution is -2.33. The third kappa shape index (κ3) is 3.91. The number of amides is 1. The molecule has 4 nitrogen and oxygen atoms in total. The van der Waals surface area contributed by atoms with Crippen LogP contribution in [0.4, 0.5) is 5.69 Å². The fourth-order valence-corrected chi connectivity index (χ4v) is 3.29. The first-order valence-electron chi connectivity index (χ1n) is 9.66. The van der Waals surface area contributed by atoms with Crippen LogP contribution in [0.1, 0.15) is 40.0 Å². The molecule has 4 heteroatoms. The number of para-hydroxylation sites is 1. The van der Waals surface area contributed by atoms with Crippen molar-refractivity contribution in [3.05, 3.63) is 89.2 Å². The van der Waals surface area contributed by atoms with E-state index in [-0.39, 0.29) is 5.91 Å². The summed E-state index contributed by atoms with van der Waals surface area (Å²) < 4.78 is 5.84. The quantitative estimate of drug-likeness (QED) is 0.605. The number of rotatable bonds is 6. The summed E-state index contributed by atoms with van der Waals surface area (Å²) in [6.45, 7) is 4.48. The van der Waals surface area contributed by atoms with Crippen LogP contribution in [0.25, 0.3) is 0 Å². The van der Waals surface area contributed by atoms with E-state index < -0.39 is 0 Å². The molecule has 28 heavy (non-hydrogen) atoms. The van der Waals surface area contributed by atoms with Gasteiger partial charge in [-0.15, -0.1) is 0 Å². The van der Waals surface area contributed by atoms with Crippen LogP contribution in [-0.2, 0) is 6.61 Å². The second kappa shape index (κ2) is 7.85. The summed E-state index contributed by atoms with van der Waals surface area (Å²) in [5.74, 6) is 0.777. The number of ether oxygens (including phenoxy) is 1. The predicted octanol–water partition coefficient (Wildman–Crippen LogP) is 5.09. The Hall–Kier alpha value is -3.14. The van der Waals surface area contributed by atoms with Gasteiger partial charge in [-0.25, -0.2) is 0 Å². The van der Waals surface area contributed by atoms with E-state index in [9.17, 15) is 4.79 Å². The highest BCUT2D eigenvalue weighted by molar-refractivity contribution is 6.07. The van der Waals surface area contributed by atoms with Gasteiger partial charge in [-0.2, -0.15) is 0 Å². The number of aromatic nitrogens is 1. The maximum absolute atomic E-state index is 13.2. The van der Waals surface area contributed by atoms with Gasteiger partial charge < -0.3 is 9.64 Å². The first-order valence-corrected chi connectivity index (χ1v) is 9.66. The highest BCUT2D eigenvalue weighted by Gasteiger charge is 2.34. The van der Waals surface area contributed by atoms with Gasteiger partial charge in [0.2, 0.25) is 0 Å². The van der Waals surface area contributed by atoms with Gasteiger partial charge in [0, 0.05) is 23.5 Å². The van der Waals surface area contributed by atoms with Crippen molar-refractivity contribution in [1.29, 1.82) is 0 Å². The summed E-state index contributed by atoms with van der Waals surface area (Å²) in [7, 11) is 0. The lowest BCUT2D eigenvalue weighted by Gasteiger charge is -2.24. The molecule has 1 fully saturated rings. The maximum Gasteiger partial charge on any atom is 0.258 e. The Labute approximate surface area is 165 Å². The summed E-state index contributed by atoms with van der Waals surface area (Å²) >= 11 is 0. The van der Waals surface area contributed by atoms with Crippen molar-refractivity contribution in [1.82, 2.24) is 4.98 Å². The fourth-order valence-electron chi connectivity index (χ4n) is 3.29. The number of carbonyl (C=O) groups excluding carboxylic acids is 1. The average Bonchev–Trinajstić information content (AvgIpc) is 3.54. The molecule has 1 aromatic heterocycles. The van der Waals surface area contributed by atoms with E-state index >= 15 is 0 Å². The van der Waals surface area contributed by atoms with Crippen LogP contribution in [-0.4, -0.2) is 16.9 Å². The normalized spacial score (nSPS) is 13.2. The molecule has 0 unspecified atom stereocenters. The molecule has 4 rings (SSSR count). The Bertz CT molecular complexity index is 978. The SMILES string of the molecule is Cc1ccccc1N(C(=O)c1ccc(OCc2ncccc2C)cc1)C1CC1. The minimum absolute atomic E-state index is 0.0453. The van der Waals surface area contributed by atoms with Gasteiger partial charge in [0.1, 0.15) is 12.4 Å². The van der Waals surface area contributed by atoms with E-state index in [4.69, 9.17) is 4.74 Å². The molecule has 142 valence electrons. The van der Waals surface area contributed by atoms with Gasteiger partial charge in [-0.3, -0.25) is 9.78 Å². The third-order valence-electron chi connectivity index (χ3n) is 5.10. The molecule has 0 bridgehead atoms. The zero-order valence-corrected chi connectivity index (χ0v) is 16.3. The molecule has 1 amide bonds. The van der Waals surface area contributed by atoms with E-state index in [0.29, 0.717) is 18.2 Å². The Kier molecular flexibility index (Phi) is 5.11. The van der Waals surface area contributed by atoms with Crippen molar-refractivity contribution in [3.8, 4) is 5.75 Å². The summed E-state index contributed by atoms with van der Waals surface area (Å²) in [6, 6.07) is 19.7. The number of aryl methyl sites for hydroxylation is 2. The zero-order chi connectivity index (χ0) is 19.5. The maximum atomic E-state index is 13.2. The van der Waals surface area contributed by atoms with Gasteiger partial charge in [-0.05, 0) is 74.2 Å². The molecule has 2 aromatic carbocycles. The molecule has 1 heterocycles. The topological polar surface area (TPSA) is 42.4 Å². The van der Waals surface area contributed by atoms with Crippen LogP contribution in [0, 0.1) is 13.8 Å². The number of nitrogens with zero attached hydrogens (tertiary/aromatic N) is 2. The van der Waals surface area contributed by atoms with Gasteiger partial charge in [-0.1, -0.05) is 24.3 Å². The lowest BCUT2D eigenvalue weighted by molar-refractivity contribution is 0.0985. The number of hydrogen-bond acceptors (Lipinski definition) is 3. The molecule has 0 spiro atoms. The Balaban J connectivity index is 1.49. The molecule has 1 saturated carbocycles. The molecule has 0 N–H and O–H groups in total. The largest absolute Gasteiger partial charge is 0.487 e. The summed E-state index contributed by atoms with van der Waals surface area (Å²) in [5, 5.41) is 0. The molecule has 0 saturated heterocycles. The zero-order valence-electron chi connectivity index (χ0n) is 16.3. The van der Waals surface area contributed by atoms with Gasteiger partial charge in [0.25, 0.3) is 5.91 Å². The second-order valence-corrected chi connectivity index (χ2v) is 7.27. The molecule has 1 aliphatic carbocycles. The van der Waals surface area contributed by atoms with E-state index in [2.05, 4.69) is 18.0 Å². The highest BCUT2D eigenvalue weighted by atomic mass is 16.5. The smallest absolute Gasteiger partial charge is 0.258 e. The van der Waals surface area contributed by atoms with E-state index in [1.807, 2.05) is 66.4 Å². The average molecular weight is 372 g/mol. The van der Waals surface area contributed by atoms with E-state index in [1.165, 1.54) is 0 Å². The number of hydrogen-bond donors (Lipinski definition) is 0. The second-order valence-electron chi connectivity index (χ2n) is 7.27. The minimum atomic E-state index is 0.0453. The van der Waals surface area contributed by atoms with Crippen molar-refractivity contribution in [2.45, 2.75) is 39.3 Å². The van der Waals surface area contributed by atoms with Crippen molar-refractivity contribution < 1.29 is 9.53 Å². The standard InChI is InChI=1S/C24H24N2O2/c1-17-7-5-15-25-22(17)16-28-21-13-9-19(10-14-21)24(27)26(20-11-12-20)23-8-4-3-6-18(23)2/h3-10,13-15,20H,11-12,16H2,1-2H3. The van der Waals surface area contributed by atoms with Gasteiger partial charge >= 0.3 is 0 Å². The number of anilines is 1. The predicted molar refractivity (Wildman–Crippen MR) is 111 cm³/mol. The summed E-state index contributed by atoms with van der Waals surface area (Å²) in [5.41, 5.74) is 4.82. The molecule has 3 aromatic rings. The Morgan fingerprint density at radius 2 is 1.71 bits per heavy atom. The lowest BCUT2D eigenvalue weighted by atomic mass is 10.1. The molecule has 0 aliphatic heterocycles. The highest BCUT2D eigenvalue weighted by Crippen LogP contribution is 2.34. The number of carbonyl (C=O) groups is 1. The Morgan fingerprint density at radius 1 is 1.00 bits per heavy atom. The van der Waals surface area contributed by atoms with Crippen LogP contribution in [0.2, 0.25) is 0 Å². The minimum Gasteiger partial charge on any atom is -0.487 e. The van der Waals surface area contributed by atoms with Crippen LogP contribution in [0.5, 0.6) is 5.75 Å². The summed E-state index contributed by atoms with van der Waals surface area (Å²) in [6.07, 6.45) is 3.89. The van der Waals surface area contributed by atoms with E-state index in [0.717, 1.165) is 41.1 Å². The van der Waals surface area contributed by atoms with Crippen molar-refractivity contribution in [2.75, 3.05) is 4.90 Å². The molecule has 1 aliphatic rings. The molecular weight excluding hydrogens is 348 g/mol. The summed E-state index contributed by atoms with van der Waals surface area (Å²) in [4.78, 5) is 19.5. The van der Waals surface area contributed by atoms with Crippen LogP contribution >= 0.6 is 0 Å². The number of pyridine rings is 1. The fraction of sp³-hybridized carbons (Fsp3) is 0.250. The van der Waals surface area contributed by atoms with E-state index in [1.54, 1.807) is 6.20 Å². The van der Waals surface area contributed by atoms with Crippen LogP contribution in [0.3, 0.4) is 0 Å². The number of benzene rings is 2. The molecular formula is C24H24N2O2. The first-order chi connectivity index (χ1) is 13.6. The molecule has 0 radical (unpaired) electrons. The van der Waals surface area contributed by atoms with Gasteiger partial charge in [0.05, 0.1) is 5.69 Å². The van der Waals surface area contributed by atoms with Crippen LogP contribution < -0.4 is 9.64 Å². The van der Waals surface area contributed by atoms with Crippen molar-refractivity contribution >= 4 is 11.6 Å². The molecule has 0 atom stereocenters. The van der Waals surface area contributed by atoms with Crippen molar-refractivity contribution in [2.24, 2.45) is 0 Å². The van der Waals surface area contributed by atoms with Crippen LogP contribution in [0.15, 0.2) is 66.9 Å². The first kappa shape index (κ1) is 18.2.